The van der Waals surface area contributed by atoms with Crippen LogP contribution < -0.4 is 5.32 Å². The summed E-state index contributed by atoms with van der Waals surface area (Å²) >= 11 is 0. The molecule has 1 unspecified atom stereocenters. The summed E-state index contributed by atoms with van der Waals surface area (Å²) in [5, 5.41) is 23.1. The van der Waals surface area contributed by atoms with Crippen LogP contribution in [0.5, 0.6) is 0 Å². The van der Waals surface area contributed by atoms with Gasteiger partial charge in [-0.05, 0) is 40.5 Å². The topological polar surface area (TPSA) is 103 Å². The first-order chi connectivity index (χ1) is 12.6. The molecule has 2 amide bonds. The zero-order valence-electron chi connectivity index (χ0n) is 17.2. The molecular weight excluding hydrogens is 346 g/mol. The molecule has 1 heterocycles. The zero-order chi connectivity index (χ0) is 20.8. The molecule has 0 bridgehead atoms. The zero-order valence-corrected chi connectivity index (χ0v) is 17.2. The van der Waals surface area contributed by atoms with E-state index < -0.39 is 35.9 Å². The fraction of sp³-hybridized carbons (Fsp3) is 0.750. The van der Waals surface area contributed by atoms with Crippen LogP contribution >= 0.6 is 0 Å². The van der Waals surface area contributed by atoms with E-state index in [-0.39, 0.29) is 11.8 Å². The number of carbonyl (C=O) groups excluding carboxylic acids is 2. The number of allylic oxidation sites excluding steroid dienone is 1. The van der Waals surface area contributed by atoms with Crippen molar-refractivity contribution in [2.24, 2.45) is 5.92 Å². The van der Waals surface area contributed by atoms with Crippen molar-refractivity contribution in [3.8, 4) is 6.07 Å². The molecule has 1 rings (SSSR count). The van der Waals surface area contributed by atoms with Gasteiger partial charge >= 0.3 is 6.09 Å². The van der Waals surface area contributed by atoms with Gasteiger partial charge in [-0.3, -0.25) is 9.69 Å². The molecule has 0 saturated carbocycles. The highest BCUT2D eigenvalue weighted by Gasteiger charge is 2.49. The molecule has 1 fully saturated rings. The highest BCUT2D eigenvalue weighted by Crippen LogP contribution is 2.35. The Hall–Kier alpha value is -2.07. The molecule has 0 aromatic heterocycles. The molecule has 7 heteroatoms. The summed E-state index contributed by atoms with van der Waals surface area (Å²) in [5.74, 6) is -0.463. The van der Waals surface area contributed by atoms with Crippen molar-refractivity contribution >= 4 is 12.0 Å². The van der Waals surface area contributed by atoms with E-state index in [9.17, 15) is 20.0 Å². The van der Waals surface area contributed by atoms with Crippen LogP contribution in [0.25, 0.3) is 0 Å². The first-order valence-electron chi connectivity index (χ1n) is 9.54. The number of likely N-dealkylation sites (tertiary alicyclic amines) is 1. The van der Waals surface area contributed by atoms with E-state index in [4.69, 9.17) is 4.74 Å². The molecule has 0 radical (unpaired) electrons. The summed E-state index contributed by atoms with van der Waals surface area (Å²) < 4.78 is 5.52. The van der Waals surface area contributed by atoms with Crippen molar-refractivity contribution in [3.63, 3.8) is 0 Å². The Balaban J connectivity index is 3.37. The van der Waals surface area contributed by atoms with Crippen LogP contribution in [-0.4, -0.2) is 51.8 Å². The number of aliphatic hydroxyl groups is 1. The predicted octanol–water partition coefficient (Wildman–Crippen LogP) is 2.75. The van der Waals surface area contributed by atoms with Gasteiger partial charge in [0, 0.05) is 12.8 Å². The van der Waals surface area contributed by atoms with Crippen LogP contribution in [0.3, 0.4) is 0 Å². The van der Waals surface area contributed by atoms with E-state index in [1.807, 2.05) is 26.0 Å². The van der Waals surface area contributed by atoms with E-state index >= 15 is 0 Å². The summed E-state index contributed by atoms with van der Waals surface area (Å²) in [4.78, 5) is 26.1. The standard InChI is InChI=1S/C20H33N3O4/c1-7-9-14-11-15(12-21)23(19(26)27-20(4,5)6)18(14)17(22-13(3)24)16(25)10-8-2/h7,9,14-18,25H,8,10-11H2,1-6H3,(H,22,24)/b9-7-/t14-,15-,16?,17+,18-/m1/s1. The third-order valence-electron chi connectivity index (χ3n) is 4.52. The van der Waals surface area contributed by atoms with Crippen molar-refractivity contribution in [1.82, 2.24) is 10.2 Å². The van der Waals surface area contributed by atoms with E-state index in [1.165, 1.54) is 11.8 Å². The number of nitriles is 1. The highest BCUT2D eigenvalue weighted by atomic mass is 16.6. The molecule has 1 saturated heterocycles. The number of hydrogen-bond donors (Lipinski definition) is 2. The number of nitrogens with zero attached hydrogens (tertiary/aromatic N) is 2. The molecule has 152 valence electrons. The van der Waals surface area contributed by atoms with Gasteiger partial charge in [0.25, 0.3) is 0 Å². The predicted molar refractivity (Wildman–Crippen MR) is 103 cm³/mol. The van der Waals surface area contributed by atoms with Crippen LogP contribution in [0.15, 0.2) is 12.2 Å². The van der Waals surface area contributed by atoms with Crippen LogP contribution in [0, 0.1) is 17.2 Å². The second kappa shape index (κ2) is 9.75. The number of ether oxygens (including phenoxy) is 1. The largest absolute Gasteiger partial charge is 0.444 e. The first-order valence-corrected chi connectivity index (χ1v) is 9.54. The monoisotopic (exact) mass is 379 g/mol. The van der Waals surface area contributed by atoms with Gasteiger partial charge in [-0.25, -0.2) is 4.79 Å². The Kier molecular flexibility index (Phi) is 8.29. The molecule has 0 aromatic rings. The molecule has 2 N–H and O–H groups in total. The van der Waals surface area contributed by atoms with Crippen LogP contribution in [-0.2, 0) is 9.53 Å². The van der Waals surface area contributed by atoms with Crippen molar-refractivity contribution in [2.75, 3.05) is 0 Å². The molecule has 0 aromatic carbocycles. The Morgan fingerprint density at radius 3 is 2.52 bits per heavy atom. The SMILES string of the molecule is C/C=C\[C@@H]1C[C@H](C#N)N(C(=O)OC(C)(C)C)[C@H]1[C@@H](NC(C)=O)C(O)CCC. The van der Waals surface area contributed by atoms with Gasteiger partial charge in [0.1, 0.15) is 11.6 Å². The molecule has 0 spiro atoms. The lowest BCUT2D eigenvalue weighted by atomic mass is 9.88. The third-order valence-corrected chi connectivity index (χ3v) is 4.52. The molecular formula is C20H33N3O4. The first kappa shape index (κ1) is 23.0. The average Bonchev–Trinajstić information content (AvgIpc) is 2.89. The third kappa shape index (κ3) is 6.24. The van der Waals surface area contributed by atoms with Crippen molar-refractivity contribution in [1.29, 1.82) is 5.26 Å². The number of carbonyl (C=O) groups is 2. The van der Waals surface area contributed by atoms with Crippen molar-refractivity contribution < 1.29 is 19.4 Å². The molecule has 1 aliphatic heterocycles. The lowest BCUT2D eigenvalue weighted by molar-refractivity contribution is -0.121. The Morgan fingerprint density at radius 2 is 2.07 bits per heavy atom. The molecule has 5 atom stereocenters. The molecule has 27 heavy (non-hydrogen) atoms. The van der Waals surface area contributed by atoms with Gasteiger partial charge in [0.05, 0.1) is 24.3 Å². The Morgan fingerprint density at radius 1 is 1.44 bits per heavy atom. The fourth-order valence-corrected chi connectivity index (χ4v) is 3.60. The summed E-state index contributed by atoms with van der Waals surface area (Å²) in [6, 6.07) is 0.242. The van der Waals surface area contributed by atoms with Gasteiger partial charge in [0.2, 0.25) is 5.91 Å². The number of aliphatic hydroxyl groups excluding tert-OH is 1. The Bertz CT molecular complexity index is 591. The lowest BCUT2D eigenvalue weighted by Gasteiger charge is -2.38. The summed E-state index contributed by atoms with van der Waals surface area (Å²) in [6.45, 7) is 10.5. The maximum atomic E-state index is 12.9. The highest BCUT2D eigenvalue weighted by molar-refractivity contribution is 5.74. The summed E-state index contributed by atoms with van der Waals surface area (Å²) in [6.07, 6.45) is 3.98. The van der Waals surface area contributed by atoms with Crippen LogP contribution in [0.4, 0.5) is 4.79 Å². The van der Waals surface area contributed by atoms with E-state index in [2.05, 4.69) is 11.4 Å². The van der Waals surface area contributed by atoms with Gasteiger partial charge in [-0.2, -0.15) is 5.26 Å². The van der Waals surface area contributed by atoms with Crippen LogP contribution in [0.1, 0.15) is 60.8 Å². The summed E-state index contributed by atoms with van der Waals surface area (Å²) in [5.41, 5.74) is -0.716. The molecule has 1 aliphatic rings. The van der Waals surface area contributed by atoms with E-state index in [1.54, 1.807) is 20.8 Å². The Labute approximate surface area is 162 Å². The maximum absolute atomic E-state index is 12.9. The number of hydrogen-bond acceptors (Lipinski definition) is 5. The number of amides is 2. The van der Waals surface area contributed by atoms with Gasteiger partial charge < -0.3 is 15.2 Å². The van der Waals surface area contributed by atoms with Gasteiger partial charge in [0.15, 0.2) is 0 Å². The lowest BCUT2D eigenvalue weighted by Crippen LogP contribution is -2.59. The van der Waals surface area contributed by atoms with E-state index in [0.717, 1.165) is 6.42 Å². The minimum Gasteiger partial charge on any atom is -0.444 e. The minimum atomic E-state index is -0.834. The minimum absolute atomic E-state index is 0.171. The second-order valence-corrected chi connectivity index (χ2v) is 8.03. The average molecular weight is 380 g/mol. The maximum Gasteiger partial charge on any atom is 0.411 e. The van der Waals surface area contributed by atoms with E-state index in [0.29, 0.717) is 12.8 Å². The van der Waals surface area contributed by atoms with Crippen molar-refractivity contribution in [3.05, 3.63) is 12.2 Å². The van der Waals surface area contributed by atoms with Crippen LogP contribution in [0.2, 0.25) is 0 Å². The second-order valence-electron chi connectivity index (χ2n) is 8.03. The summed E-state index contributed by atoms with van der Waals surface area (Å²) in [7, 11) is 0. The fourth-order valence-electron chi connectivity index (χ4n) is 3.60. The van der Waals surface area contributed by atoms with Crippen molar-refractivity contribution in [2.45, 2.75) is 90.6 Å². The van der Waals surface area contributed by atoms with Gasteiger partial charge in [-0.15, -0.1) is 0 Å². The quantitative estimate of drug-likeness (QED) is 0.691. The molecule has 7 nitrogen and oxygen atoms in total. The normalized spacial score (nSPS) is 25.1. The van der Waals surface area contributed by atoms with Gasteiger partial charge in [-0.1, -0.05) is 25.5 Å². The number of nitrogens with one attached hydrogen (secondary N) is 1. The smallest absolute Gasteiger partial charge is 0.411 e. The molecule has 0 aliphatic carbocycles. The number of rotatable bonds is 6.